The molecule has 0 aromatic heterocycles. The van der Waals surface area contributed by atoms with Gasteiger partial charge in [-0.05, 0) is 49.2 Å². The molecule has 0 radical (unpaired) electrons. The van der Waals surface area contributed by atoms with Gasteiger partial charge in [-0.2, -0.15) is 0 Å². The summed E-state index contributed by atoms with van der Waals surface area (Å²) in [6.07, 6.45) is 2.07. The average molecular weight is 214 g/mol. The first-order valence-electron chi connectivity index (χ1n) is 4.75. The Kier molecular flexibility index (Phi) is 4.77. The van der Waals surface area contributed by atoms with E-state index in [4.69, 9.17) is 16.5 Å². The predicted octanol–water partition coefficient (Wildman–Crippen LogP) is 2.76. The molecule has 0 spiro atoms. The second-order valence-corrected chi connectivity index (χ2v) is 3.62. The van der Waals surface area contributed by atoms with Crippen molar-refractivity contribution in [1.29, 1.82) is 0 Å². The maximum Gasteiger partial charge on any atom is 0.118 e. The van der Waals surface area contributed by atoms with E-state index in [1.165, 1.54) is 5.56 Å². The lowest BCUT2D eigenvalue weighted by atomic mass is 10.1. The summed E-state index contributed by atoms with van der Waals surface area (Å²) >= 11 is 5.50. The molecule has 0 aliphatic heterocycles. The molecule has 0 fully saturated rings. The Morgan fingerprint density at radius 3 is 2.50 bits per heavy atom. The molecule has 0 aliphatic carbocycles. The van der Waals surface area contributed by atoms with Crippen molar-refractivity contribution in [3.05, 3.63) is 29.8 Å². The summed E-state index contributed by atoms with van der Waals surface area (Å²) in [7, 11) is 1.68. The van der Waals surface area contributed by atoms with Crippen LogP contribution < -0.4 is 9.57 Å². The third-order valence-corrected chi connectivity index (χ3v) is 2.58. The van der Waals surface area contributed by atoms with Crippen LogP contribution in [0.3, 0.4) is 0 Å². The molecule has 14 heavy (non-hydrogen) atoms. The molecule has 1 aromatic carbocycles. The zero-order valence-electron chi connectivity index (χ0n) is 8.59. The lowest BCUT2D eigenvalue weighted by Crippen LogP contribution is -2.16. The Labute approximate surface area is 90.3 Å². The van der Waals surface area contributed by atoms with Crippen LogP contribution in [0, 0.1) is 0 Å². The summed E-state index contributed by atoms with van der Waals surface area (Å²) in [5, 5.41) is 0. The van der Waals surface area contributed by atoms with Crippen LogP contribution in [0.5, 0.6) is 5.75 Å². The Hall–Kier alpha value is -0.730. The van der Waals surface area contributed by atoms with Crippen LogP contribution in [0.4, 0.5) is 0 Å². The van der Waals surface area contributed by atoms with Crippen molar-refractivity contribution >= 4 is 11.8 Å². The normalized spacial score (nSPS) is 12.5. The van der Waals surface area contributed by atoms with Gasteiger partial charge in [0.2, 0.25) is 0 Å². The van der Waals surface area contributed by atoms with Crippen molar-refractivity contribution < 1.29 is 4.74 Å². The van der Waals surface area contributed by atoms with Crippen LogP contribution in [-0.2, 0) is 6.42 Å². The van der Waals surface area contributed by atoms with Gasteiger partial charge >= 0.3 is 0 Å². The molecule has 1 unspecified atom stereocenters. The number of hydrogen-bond donors (Lipinski definition) is 1. The molecule has 0 bridgehead atoms. The van der Waals surface area contributed by atoms with Gasteiger partial charge in [0.05, 0.1) is 7.11 Å². The number of benzene rings is 1. The maximum atomic E-state index is 5.50. The van der Waals surface area contributed by atoms with Gasteiger partial charge in [0.15, 0.2) is 0 Å². The molecule has 0 saturated carbocycles. The Balaban J connectivity index is 2.43. The van der Waals surface area contributed by atoms with Gasteiger partial charge in [0.25, 0.3) is 0 Å². The monoisotopic (exact) mass is 213 g/mol. The second-order valence-electron chi connectivity index (χ2n) is 3.40. The molecule has 0 aliphatic rings. The predicted molar refractivity (Wildman–Crippen MR) is 59.8 cm³/mol. The van der Waals surface area contributed by atoms with Gasteiger partial charge in [-0.15, -0.1) is 0 Å². The first kappa shape index (κ1) is 11.3. The lowest BCUT2D eigenvalue weighted by molar-refractivity contribution is 0.414. The Morgan fingerprint density at radius 1 is 1.36 bits per heavy atom. The van der Waals surface area contributed by atoms with E-state index in [9.17, 15) is 0 Å². The minimum atomic E-state index is 0.346. The number of nitrogens with one attached hydrogen (secondary N) is 1. The number of hydrogen-bond acceptors (Lipinski definition) is 2. The Bertz CT molecular complexity index is 260. The number of halogens is 1. The van der Waals surface area contributed by atoms with Crippen LogP contribution in [0.25, 0.3) is 0 Å². The molecular weight excluding hydrogens is 198 g/mol. The third kappa shape index (κ3) is 3.56. The summed E-state index contributed by atoms with van der Waals surface area (Å²) in [4.78, 5) is 2.71. The van der Waals surface area contributed by atoms with Gasteiger partial charge in [-0.3, -0.25) is 0 Å². The van der Waals surface area contributed by atoms with E-state index < -0.39 is 0 Å². The van der Waals surface area contributed by atoms with Crippen LogP contribution in [0.15, 0.2) is 24.3 Å². The van der Waals surface area contributed by atoms with Gasteiger partial charge < -0.3 is 4.74 Å². The molecule has 1 aromatic rings. The van der Waals surface area contributed by atoms with Crippen LogP contribution in [0.1, 0.15) is 18.9 Å². The Morgan fingerprint density at radius 2 is 2.00 bits per heavy atom. The smallest absolute Gasteiger partial charge is 0.118 e. The van der Waals surface area contributed by atoms with E-state index in [0.717, 1.165) is 18.6 Å². The standard InChI is InChI=1S/C11H16ClNO/c1-9(13-12)3-4-10-5-7-11(14-2)8-6-10/h5-9,13H,3-4H2,1-2H3. The van der Waals surface area contributed by atoms with Gasteiger partial charge in [0, 0.05) is 6.04 Å². The molecule has 0 amide bonds. The summed E-state index contributed by atoms with van der Waals surface area (Å²) in [6, 6.07) is 8.47. The molecule has 3 heteroatoms. The van der Waals surface area contributed by atoms with Gasteiger partial charge in [-0.25, -0.2) is 4.84 Å². The SMILES string of the molecule is COc1ccc(CCC(C)NCl)cc1. The van der Waals surface area contributed by atoms with Gasteiger partial charge in [-0.1, -0.05) is 12.1 Å². The molecule has 78 valence electrons. The number of methoxy groups -OCH3 is 1. The summed E-state index contributed by atoms with van der Waals surface area (Å²) in [6.45, 7) is 2.07. The molecule has 1 rings (SSSR count). The van der Waals surface area contributed by atoms with E-state index in [1.54, 1.807) is 7.11 Å². The van der Waals surface area contributed by atoms with Crippen LogP contribution in [-0.4, -0.2) is 13.2 Å². The fraction of sp³-hybridized carbons (Fsp3) is 0.455. The van der Waals surface area contributed by atoms with Gasteiger partial charge in [0.1, 0.15) is 5.75 Å². The van der Waals surface area contributed by atoms with E-state index in [-0.39, 0.29) is 0 Å². The summed E-state index contributed by atoms with van der Waals surface area (Å²) in [5.74, 6) is 0.900. The van der Waals surface area contributed by atoms with Crippen molar-refractivity contribution in [3.63, 3.8) is 0 Å². The highest BCUT2D eigenvalue weighted by Crippen LogP contribution is 2.13. The summed E-state index contributed by atoms with van der Waals surface area (Å²) < 4.78 is 5.08. The third-order valence-electron chi connectivity index (χ3n) is 2.21. The van der Waals surface area contributed by atoms with Crippen molar-refractivity contribution in [1.82, 2.24) is 4.84 Å². The van der Waals surface area contributed by atoms with Crippen LogP contribution in [0.2, 0.25) is 0 Å². The first-order valence-corrected chi connectivity index (χ1v) is 5.13. The molecule has 1 N–H and O–H groups in total. The van der Waals surface area contributed by atoms with Crippen molar-refractivity contribution in [2.24, 2.45) is 0 Å². The fourth-order valence-electron chi connectivity index (χ4n) is 1.23. The molecular formula is C11H16ClNO. The molecule has 0 heterocycles. The molecule has 1 atom stereocenters. The quantitative estimate of drug-likeness (QED) is 0.760. The minimum Gasteiger partial charge on any atom is -0.497 e. The van der Waals surface area contributed by atoms with Crippen molar-refractivity contribution in [3.8, 4) is 5.75 Å². The highest BCUT2D eigenvalue weighted by molar-refractivity contribution is 6.13. The molecule has 0 saturated heterocycles. The number of ether oxygens (including phenoxy) is 1. The van der Waals surface area contributed by atoms with E-state index in [2.05, 4.69) is 23.9 Å². The average Bonchev–Trinajstić information content (AvgIpc) is 2.26. The lowest BCUT2D eigenvalue weighted by Gasteiger charge is -2.08. The highest BCUT2D eigenvalue weighted by atomic mass is 35.5. The number of rotatable bonds is 5. The fourth-order valence-corrected chi connectivity index (χ4v) is 1.34. The van der Waals surface area contributed by atoms with E-state index in [0.29, 0.717) is 6.04 Å². The first-order chi connectivity index (χ1) is 6.76. The maximum absolute atomic E-state index is 5.50. The van der Waals surface area contributed by atoms with Crippen LogP contribution >= 0.6 is 11.8 Å². The van der Waals surface area contributed by atoms with E-state index >= 15 is 0 Å². The zero-order valence-corrected chi connectivity index (χ0v) is 9.34. The largest absolute Gasteiger partial charge is 0.497 e. The van der Waals surface area contributed by atoms with Crippen molar-refractivity contribution in [2.45, 2.75) is 25.8 Å². The molecule has 2 nitrogen and oxygen atoms in total. The van der Waals surface area contributed by atoms with Crippen molar-refractivity contribution in [2.75, 3.05) is 7.11 Å². The number of aryl methyl sites for hydroxylation is 1. The second kappa shape index (κ2) is 5.89. The highest BCUT2D eigenvalue weighted by Gasteiger charge is 2.00. The zero-order chi connectivity index (χ0) is 10.4. The topological polar surface area (TPSA) is 21.3 Å². The summed E-state index contributed by atoms with van der Waals surface area (Å²) in [5.41, 5.74) is 1.31. The minimum absolute atomic E-state index is 0.346. The van der Waals surface area contributed by atoms with E-state index in [1.807, 2.05) is 12.1 Å².